The van der Waals surface area contributed by atoms with E-state index in [9.17, 15) is 34.3 Å². The van der Waals surface area contributed by atoms with Crippen molar-refractivity contribution >= 4 is 51.3 Å². The average Bonchev–Trinajstić information content (AvgIpc) is 3.58. The minimum absolute atomic E-state index is 0.0373. The molecule has 0 unspecified atom stereocenters. The van der Waals surface area contributed by atoms with E-state index in [1.54, 1.807) is 30.3 Å². The van der Waals surface area contributed by atoms with Crippen LogP contribution in [-0.2, 0) is 26.3 Å². The van der Waals surface area contributed by atoms with E-state index in [4.69, 9.17) is 32.7 Å². The summed E-state index contributed by atoms with van der Waals surface area (Å²) in [5.41, 5.74) is -0.948. The van der Waals surface area contributed by atoms with Gasteiger partial charge in [-0.2, -0.15) is 10.4 Å². The largest absolute Gasteiger partial charge is 0.468 e. The molecule has 214 valence electrons. The van der Waals surface area contributed by atoms with Gasteiger partial charge in [0, 0.05) is 0 Å². The van der Waals surface area contributed by atoms with Gasteiger partial charge < -0.3 is 9.47 Å². The molecule has 0 aliphatic heterocycles. The van der Waals surface area contributed by atoms with Crippen molar-refractivity contribution in [3.8, 4) is 11.8 Å². The number of carbonyl (C=O) groups excluding carboxylic acids is 2. The van der Waals surface area contributed by atoms with E-state index in [1.807, 2.05) is 6.92 Å². The number of aromatic nitrogens is 2. The summed E-state index contributed by atoms with van der Waals surface area (Å²) in [4.78, 5) is 23.2. The van der Waals surface area contributed by atoms with Gasteiger partial charge in [-0.25, -0.2) is 9.48 Å². The number of ether oxygens (including phenoxy) is 2. The second-order valence-corrected chi connectivity index (χ2v) is 12.3. The molecule has 16 heteroatoms. The zero-order chi connectivity index (χ0) is 29.7. The molecular weight excluding hydrogens is 606 g/mol. The molecule has 4 rings (SSSR count). The van der Waals surface area contributed by atoms with Gasteiger partial charge in [-0.15, -0.1) is 0 Å². The molecule has 40 heavy (non-hydrogen) atoms. The number of nitrogens with zero attached hydrogens (tertiary/aromatic N) is 3. The molecule has 0 radical (unpaired) electrons. The molecule has 1 aliphatic rings. The van der Waals surface area contributed by atoms with Crippen molar-refractivity contribution in [1.82, 2.24) is 9.78 Å². The number of hydrogen-bond acceptors (Lipinski definition) is 6. The second-order valence-electron chi connectivity index (χ2n) is 9.06. The molecule has 1 amide bonds. The lowest BCUT2D eigenvalue weighted by molar-refractivity contribution is -0.143. The molecule has 0 bridgehead atoms. The van der Waals surface area contributed by atoms with E-state index in [0.717, 1.165) is 12.7 Å². The van der Waals surface area contributed by atoms with Crippen molar-refractivity contribution in [2.75, 3.05) is 12.4 Å². The molecule has 3 aromatic rings. The molecule has 1 N–H and O–H groups in total. The lowest BCUT2D eigenvalue weighted by Crippen LogP contribution is -2.25. The van der Waals surface area contributed by atoms with Gasteiger partial charge in [0.25, 0.3) is 0 Å². The minimum atomic E-state index is -10.2. The Balaban J connectivity index is 1.84. The first-order valence-electron chi connectivity index (χ1n) is 11.2. The second kappa shape index (κ2) is 9.25. The maximum absolute atomic E-state index is 13.4. The molecule has 8 nitrogen and oxygen atoms in total. The Kier molecular flexibility index (Phi) is 6.81. The van der Waals surface area contributed by atoms with Crippen molar-refractivity contribution in [3.05, 3.63) is 68.8 Å². The zero-order valence-electron chi connectivity index (χ0n) is 20.6. The Labute approximate surface area is 234 Å². The van der Waals surface area contributed by atoms with Crippen molar-refractivity contribution in [2.24, 2.45) is 0 Å². The number of aryl methyl sites for hydroxylation is 1. The van der Waals surface area contributed by atoms with Gasteiger partial charge in [-0.05, 0) is 37.5 Å². The number of amides is 1. The van der Waals surface area contributed by atoms with Crippen LogP contribution < -0.4 is 5.32 Å². The number of hydrogen-bond donors (Lipinski definition) is 1. The van der Waals surface area contributed by atoms with Crippen molar-refractivity contribution in [3.63, 3.8) is 0 Å². The van der Waals surface area contributed by atoms with E-state index in [-0.39, 0.29) is 37.1 Å². The average molecular weight is 625 g/mol. The molecule has 1 fully saturated rings. The number of nitrogens with one attached hydrogen (secondary N) is 1. The quantitative estimate of drug-likeness (QED) is 0.211. The number of carbonyl (C=O) groups is 2. The number of rotatable bonds is 7. The highest BCUT2D eigenvalue weighted by molar-refractivity contribution is 8.45. The number of esters is 1. The molecule has 2 aromatic carbocycles. The van der Waals surface area contributed by atoms with Crippen LogP contribution in [0.2, 0.25) is 10.0 Å². The molecule has 1 aromatic heterocycles. The van der Waals surface area contributed by atoms with Gasteiger partial charge in [0.15, 0.2) is 5.69 Å². The van der Waals surface area contributed by atoms with Gasteiger partial charge in [-0.3, -0.25) is 10.1 Å². The highest BCUT2D eigenvalue weighted by Gasteiger charge is 2.66. The Morgan fingerprint density at radius 2 is 1.70 bits per heavy atom. The van der Waals surface area contributed by atoms with Gasteiger partial charge in [0.1, 0.15) is 29.1 Å². The van der Waals surface area contributed by atoms with Gasteiger partial charge in [0.2, 0.25) is 0 Å². The van der Waals surface area contributed by atoms with E-state index < -0.39 is 59.8 Å². The minimum Gasteiger partial charge on any atom is -0.468 e. The standard InChI is InChI=1S/C24H19Cl2F5N4O4S/c1-13-3-5-14(6-4-13)12-39-23(37)33-21-19(24(7-8-24)22(36)38-2)18(11-32)34-35(21)20-16(25)9-15(10-17(20)26)40(27,28,29,30)31/h3-6,9-10H,7-8,12H2,1-2H3,(H,33,37). The van der Waals surface area contributed by atoms with Crippen molar-refractivity contribution < 1.29 is 38.5 Å². The third-order valence-electron chi connectivity index (χ3n) is 6.15. The zero-order valence-corrected chi connectivity index (χ0v) is 22.9. The Hall–Kier alpha value is -3.54. The first-order valence-corrected chi connectivity index (χ1v) is 14.0. The lowest BCUT2D eigenvalue weighted by atomic mass is 9.95. The summed E-state index contributed by atoms with van der Waals surface area (Å²) >= 11 is 12.0. The number of halogens is 7. The maximum atomic E-state index is 13.4. The SMILES string of the molecule is COC(=O)C1(c2c(C#N)nn(-c3c(Cl)cc(S(F)(F)(F)(F)F)cc3Cl)c2NC(=O)OCc2ccc(C)cc2)CC1. The Bertz CT molecular complexity index is 1560. The highest BCUT2D eigenvalue weighted by Crippen LogP contribution is 3.02. The summed E-state index contributed by atoms with van der Waals surface area (Å²) in [7, 11) is -9.08. The van der Waals surface area contributed by atoms with Crippen LogP contribution in [0.4, 0.5) is 30.0 Å². The van der Waals surface area contributed by atoms with E-state index >= 15 is 0 Å². The van der Waals surface area contributed by atoms with Crippen LogP contribution >= 0.6 is 33.4 Å². The van der Waals surface area contributed by atoms with Crippen molar-refractivity contribution in [2.45, 2.75) is 36.7 Å². The van der Waals surface area contributed by atoms with Crippen LogP contribution in [0.5, 0.6) is 0 Å². The first kappa shape index (κ1) is 29.4. The topological polar surface area (TPSA) is 106 Å². The summed E-state index contributed by atoms with van der Waals surface area (Å²) in [6.45, 7) is 1.67. The van der Waals surface area contributed by atoms with Crippen LogP contribution in [0.1, 0.15) is 35.2 Å². The smallest absolute Gasteiger partial charge is 0.413 e. The number of nitriles is 1. The fourth-order valence-electron chi connectivity index (χ4n) is 4.04. The van der Waals surface area contributed by atoms with Crippen molar-refractivity contribution in [1.29, 1.82) is 5.26 Å². The predicted molar refractivity (Wildman–Crippen MR) is 138 cm³/mol. The van der Waals surface area contributed by atoms with E-state index in [0.29, 0.717) is 10.2 Å². The van der Waals surface area contributed by atoms with Crippen LogP contribution in [0.3, 0.4) is 0 Å². The normalized spacial score (nSPS) is 15.8. The summed E-state index contributed by atoms with van der Waals surface area (Å²) in [6.07, 6.45) is -0.737. The van der Waals surface area contributed by atoms with Crippen LogP contribution in [-0.4, -0.2) is 29.0 Å². The monoisotopic (exact) mass is 624 g/mol. The molecule has 0 spiro atoms. The van der Waals surface area contributed by atoms with E-state index in [2.05, 4.69) is 10.4 Å². The molecule has 0 atom stereocenters. The third-order valence-corrected chi connectivity index (χ3v) is 7.86. The first-order chi connectivity index (χ1) is 18.4. The molecule has 1 saturated carbocycles. The summed E-state index contributed by atoms with van der Waals surface area (Å²) in [5, 5.41) is 14.3. The highest BCUT2D eigenvalue weighted by atomic mass is 35.5. The number of methoxy groups -OCH3 is 1. The van der Waals surface area contributed by atoms with Gasteiger partial charge >= 0.3 is 22.3 Å². The third kappa shape index (κ3) is 5.67. The van der Waals surface area contributed by atoms with Crippen LogP contribution in [0.15, 0.2) is 41.3 Å². The molecular formula is C24H19Cl2F5N4O4S. The molecule has 0 saturated heterocycles. The fraction of sp³-hybridized carbons (Fsp3) is 0.250. The Morgan fingerprint density at radius 1 is 1.12 bits per heavy atom. The maximum Gasteiger partial charge on any atom is 0.413 e. The molecule has 1 heterocycles. The Morgan fingerprint density at radius 3 is 2.17 bits per heavy atom. The molecule has 1 aliphatic carbocycles. The van der Waals surface area contributed by atoms with Gasteiger partial charge in [-0.1, -0.05) is 72.5 Å². The van der Waals surface area contributed by atoms with Gasteiger partial charge in [0.05, 0.1) is 28.1 Å². The summed E-state index contributed by atoms with van der Waals surface area (Å²) in [6, 6.07) is 8.68. The number of benzene rings is 2. The van der Waals surface area contributed by atoms with Crippen LogP contribution in [0, 0.1) is 18.3 Å². The predicted octanol–water partition coefficient (Wildman–Crippen LogP) is 7.97. The fourth-order valence-corrected chi connectivity index (χ4v) is 5.49. The summed E-state index contributed by atoms with van der Waals surface area (Å²) < 4.78 is 78.0. The number of anilines is 1. The van der Waals surface area contributed by atoms with E-state index in [1.165, 1.54) is 0 Å². The summed E-state index contributed by atoms with van der Waals surface area (Å²) in [5.74, 6) is -1.16. The lowest BCUT2D eigenvalue weighted by Gasteiger charge is -2.40. The van der Waals surface area contributed by atoms with Crippen LogP contribution in [0.25, 0.3) is 5.69 Å².